The average Bonchev–Trinajstić information content (AvgIpc) is 2.39. The standard InChI is InChI=1S/C13H19N3OS/c1-9-3-2-4-10(7-9)18-11-5-6-12(15-8-11)13(14)16-17/h5-6,8-10,17H,2-4,7H2,1H3,(H2,14,16). The van der Waals surface area contributed by atoms with Gasteiger partial charge in [-0.15, -0.1) is 11.8 Å². The van der Waals surface area contributed by atoms with Crippen molar-refractivity contribution in [3.05, 3.63) is 24.0 Å². The Labute approximate surface area is 112 Å². The Kier molecular flexibility index (Phi) is 4.47. The second-order valence-corrected chi connectivity index (χ2v) is 6.25. The first kappa shape index (κ1) is 13.2. The zero-order valence-corrected chi connectivity index (χ0v) is 11.4. The summed E-state index contributed by atoms with van der Waals surface area (Å²) in [6, 6.07) is 3.79. The van der Waals surface area contributed by atoms with Crippen LogP contribution in [0.4, 0.5) is 0 Å². The van der Waals surface area contributed by atoms with Gasteiger partial charge in [0.2, 0.25) is 0 Å². The first-order valence-corrected chi connectivity index (χ1v) is 7.17. The Hall–Kier alpha value is -1.23. The van der Waals surface area contributed by atoms with E-state index in [1.54, 1.807) is 12.3 Å². The van der Waals surface area contributed by atoms with Crippen molar-refractivity contribution < 1.29 is 5.21 Å². The summed E-state index contributed by atoms with van der Waals surface area (Å²) in [5.41, 5.74) is 5.99. The van der Waals surface area contributed by atoms with Crippen LogP contribution in [0.15, 0.2) is 28.4 Å². The second-order valence-electron chi connectivity index (χ2n) is 4.88. The van der Waals surface area contributed by atoms with Crippen LogP contribution in [0.25, 0.3) is 0 Å². The lowest BCUT2D eigenvalue weighted by Crippen LogP contribution is -2.16. The molecule has 98 valence electrons. The summed E-state index contributed by atoms with van der Waals surface area (Å²) in [5, 5.41) is 12.2. The Morgan fingerprint density at radius 2 is 2.33 bits per heavy atom. The zero-order valence-electron chi connectivity index (χ0n) is 10.5. The van der Waals surface area contributed by atoms with E-state index in [9.17, 15) is 0 Å². The number of nitrogens with zero attached hydrogens (tertiary/aromatic N) is 2. The van der Waals surface area contributed by atoms with E-state index in [0.29, 0.717) is 10.9 Å². The quantitative estimate of drug-likeness (QED) is 0.381. The summed E-state index contributed by atoms with van der Waals surface area (Å²) in [7, 11) is 0. The van der Waals surface area contributed by atoms with Crippen LogP contribution in [0.1, 0.15) is 38.3 Å². The number of hydrogen-bond donors (Lipinski definition) is 2. The van der Waals surface area contributed by atoms with Gasteiger partial charge < -0.3 is 10.9 Å². The Balaban J connectivity index is 1.97. The Bertz CT molecular complexity index is 419. The van der Waals surface area contributed by atoms with Crippen molar-refractivity contribution in [2.75, 3.05) is 0 Å². The van der Waals surface area contributed by atoms with Crippen molar-refractivity contribution in [3.63, 3.8) is 0 Å². The molecule has 0 saturated heterocycles. The summed E-state index contributed by atoms with van der Waals surface area (Å²) in [6.07, 6.45) is 7.06. The number of rotatable bonds is 3. The molecule has 0 amide bonds. The van der Waals surface area contributed by atoms with Gasteiger partial charge in [-0.2, -0.15) is 0 Å². The summed E-state index contributed by atoms with van der Waals surface area (Å²) >= 11 is 1.89. The molecule has 4 nitrogen and oxygen atoms in total. The number of hydrogen-bond acceptors (Lipinski definition) is 4. The minimum atomic E-state index is 0.0536. The molecule has 0 aromatic carbocycles. The average molecular weight is 265 g/mol. The fraction of sp³-hybridized carbons (Fsp3) is 0.538. The molecule has 1 aromatic heterocycles. The summed E-state index contributed by atoms with van der Waals surface area (Å²) in [5.74, 6) is 0.887. The van der Waals surface area contributed by atoms with Crippen molar-refractivity contribution >= 4 is 17.6 Å². The van der Waals surface area contributed by atoms with Crippen molar-refractivity contribution in [3.8, 4) is 0 Å². The van der Waals surface area contributed by atoms with Crippen LogP contribution in [0, 0.1) is 5.92 Å². The van der Waals surface area contributed by atoms with Crippen LogP contribution in [0.2, 0.25) is 0 Å². The highest BCUT2D eigenvalue weighted by Gasteiger charge is 2.19. The Morgan fingerprint density at radius 1 is 1.50 bits per heavy atom. The van der Waals surface area contributed by atoms with Gasteiger partial charge in [0, 0.05) is 16.3 Å². The van der Waals surface area contributed by atoms with Gasteiger partial charge in [0.1, 0.15) is 5.69 Å². The highest BCUT2D eigenvalue weighted by Crippen LogP contribution is 2.35. The van der Waals surface area contributed by atoms with Gasteiger partial charge in [0.15, 0.2) is 5.84 Å². The summed E-state index contributed by atoms with van der Waals surface area (Å²) in [6.45, 7) is 2.33. The highest BCUT2D eigenvalue weighted by atomic mass is 32.2. The molecule has 2 unspecified atom stereocenters. The third kappa shape index (κ3) is 3.38. The molecule has 5 heteroatoms. The molecule has 18 heavy (non-hydrogen) atoms. The predicted molar refractivity (Wildman–Crippen MR) is 74.0 cm³/mol. The van der Waals surface area contributed by atoms with Crippen LogP contribution in [0.5, 0.6) is 0 Å². The van der Waals surface area contributed by atoms with Crippen LogP contribution in [-0.4, -0.2) is 21.3 Å². The molecule has 1 saturated carbocycles. The predicted octanol–water partition coefficient (Wildman–Crippen LogP) is 2.85. The molecule has 0 radical (unpaired) electrons. The second kappa shape index (κ2) is 6.09. The molecular weight excluding hydrogens is 246 g/mol. The van der Waals surface area contributed by atoms with Crippen LogP contribution in [-0.2, 0) is 0 Å². The lowest BCUT2D eigenvalue weighted by molar-refractivity contribution is 0.318. The maximum atomic E-state index is 8.57. The number of thioether (sulfide) groups is 1. The molecule has 1 aromatic rings. The van der Waals surface area contributed by atoms with E-state index >= 15 is 0 Å². The summed E-state index contributed by atoms with van der Waals surface area (Å²) < 4.78 is 0. The Morgan fingerprint density at radius 3 is 2.94 bits per heavy atom. The van der Waals surface area contributed by atoms with Crippen LogP contribution in [0.3, 0.4) is 0 Å². The van der Waals surface area contributed by atoms with Gasteiger partial charge in [-0.25, -0.2) is 0 Å². The topological polar surface area (TPSA) is 71.5 Å². The summed E-state index contributed by atoms with van der Waals surface area (Å²) in [4.78, 5) is 5.35. The lowest BCUT2D eigenvalue weighted by atomic mass is 9.91. The maximum absolute atomic E-state index is 8.57. The van der Waals surface area contributed by atoms with Gasteiger partial charge in [0.25, 0.3) is 0 Å². The van der Waals surface area contributed by atoms with Crippen LogP contribution < -0.4 is 5.73 Å². The monoisotopic (exact) mass is 265 g/mol. The van der Waals surface area contributed by atoms with E-state index in [-0.39, 0.29) is 5.84 Å². The van der Waals surface area contributed by atoms with E-state index in [1.807, 2.05) is 17.8 Å². The minimum absolute atomic E-state index is 0.0536. The van der Waals surface area contributed by atoms with Gasteiger partial charge in [-0.3, -0.25) is 4.98 Å². The molecular formula is C13H19N3OS. The van der Waals surface area contributed by atoms with E-state index < -0.39 is 0 Å². The van der Waals surface area contributed by atoms with Gasteiger partial charge in [-0.05, 0) is 30.9 Å². The number of oxime groups is 1. The first-order chi connectivity index (χ1) is 8.69. The molecule has 0 bridgehead atoms. The van der Waals surface area contributed by atoms with Crippen molar-refractivity contribution in [2.24, 2.45) is 16.8 Å². The highest BCUT2D eigenvalue weighted by molar-refractivity contribution is 8.00. The first-order valence-electron chi connectivity index (χ1n) is 6.29. The van der Waals surface area contributed by atoms with E-state index in [1.165, 1.54) is 25.7 Å². The van der Waals surface area contributed by atoms with Gasteiger partial charge in [-0.1, -0.05) is 24.9 Å². The normalized spacial score (nSPS) is 25.1. The van der Waals surface area contributed by atoms with E-state index in [0.717, 1.165) is 10.8 Å². The third-order valence-corrected chi connectivity index (χ3v) is 4.57. The number of aromatic nitrogens is 1. The maximum Gasteiger partial charge on any atom is 0.188 e. The fourth-order valence-electron chi connectivity index (χ4n) is 2.33. The van der Waals surface area contributed by atoms with E-state index in [4.69, 9.17) is 10.9 Å². The van der Waals surface area contributed by atoms with Crippen molar-refractivity contribution in [2.45, 2.75) is 42.8 Å². The number of pyridine rings is 1. The fourth-order valence-corrected chi connectivity index (χ4v) is 3.69. The molecule has 0 spiro atoms. The largest absolute Gasteiger partial charge is 0.409 e. The number of amidine groups is 1. The smallest absolute Gasteiger partial charge is 0.188 e. The zero-order chi connectivity index (χ0) is 13.0. The molecule has 3 N–H and O–H groups in total. The van der Waals surface area contributed by atoms with E-state index in [2.05, 4.69) is 17.1 Å². The molecule has 0 aliphatic heterocycles. The SMILES string of the molecule is CC1CCCC(Sc2ccc(/C(N)=N/O)nc2)C1. The minimum Gasteiger partial charge on any atom is -0.409 e. The van der Waals surface area contributed by atoms with Gasteiger partial charge in [0.05, 0.1) is 0 Å². The lowest BCUT2D eigenvalue weighted by Gasteiger charge is -2.26. The van der Waals surface area contributed by atoms with Crippen molar-refractivity contribution in [1.29, 1.82) is 0 Å². The molecule has 2 rings (SSSR count). The molecule has 1 aliphatic carbocycles. The van der Waals surface area contributed by atoms with Crippen LogP contribution >= 0.6 is 11.8 Å². The third-order valence-electron chi connectivity index (χ3n) is 3.30. The van der Waals surface area contributed by atoms with Crippen molar-refractivity contribution in [1.82, 2.24) is 4.98 Å². The molecule has 1 fully saturated rings. The molecule has 1 heterocycles. The molecule has 1 aliphatic rings. The van der Waals surface area contributed by atoms with Gasteiger partial charge >= 0.3 is 0 Å². The number of nitrogens with two attached hydrogens (primary N) is 1. The molecule has 2 atom stereocenters.